The number of phenolic OH excluding ortho intramolecular Hbond substituents is 1. The van der Waals surface area contributed by atoms with Crippen molar-refractivity contribution in [2.24, 2.45) is 0 Å². The number of nitrogens with zero attached hydrogens (tertiary/aromatic N) is 1. The second kappa shape index (κ2) is 5.96. The number of halogens is 1. The summed E-state index contributed by atoms with van der Waals surface area (Å²) in [5.41, 5.74) is 1.11. The number of aromatic nitrogens is 2. The van der Waals surface area contributed by atoms with Gasteiger partial charge in [0.2, 0.25) is 0 Å². The molecule has 1 heterocycles. The highest BCUT2D eigenvalue weighted by molar-refractivity contribution is 5.97. The molecule has 0 saturated carbocycles. The molecule has 1 aromatic heterocycles. The maximum Gasteiger partial charge on any atom is 0.258 e. The molecule has 118 valence electrons. The number of methoxy groups -OCH3 is 1. The number of aromatic hydroxyl groups is 1. The Morgan fingerprint density at radius 1 is 1.39 bits per heavy atom. The third-order valence-corrected chi connectivity index (χ3v) is 3.37. The Bertz CT molecular complexity index is 856. The van der Waals surface area contributed by atoms with Crippen LogP contribution >= 0.6 is 0 Å². The van der Waals surface area contributed by atoms with E-state index in [2.05, 4.69) is 15.3 Å². The van der Waals surface area contributed by atoms with E-state index in [0.717, 1.165) is 17.1 Å². The lowest BCUT2D eigenvalue weighted by atomic mass is 10.1. The van der Waals surface area contributed by atoms with Gasteiger partial charge in [-0.25, -0.2) is 9.37 Å². The van der Waals surface area contributed by atoms with Crippen molar-refractivity contribution in [2.75, 3.05) is 7.11 Å². The van der Waals surface area contributed by atoms with Crippen molar-refractivity contribution < 1.29 is 19.0 Å². The Hall–Kier alpha value is -3.09. The maximum absolute atomic E-state index is 13.6. The SMILES string of the molecule is COc1ccc2nc(CNC(=O)c3c(O)cccc3F)[nH]c2c1. The maximum atomic E-state index is 13.6. The van der Waals surface area contributed by atoms with Gasteiger partial charge in [-0.3, -0.25) is 4.79 Å². The smallest absolute Gasteiger partial charge is 0.258 e. The van der Waals surface area contributed by atoms with Crippen molar-refractivity contribution in [3.63, 3.8) is 0 Å². The molecule has 0 aliphatic heterocycles. The Morgan fingerprint density at radius 3 is 2.96 bits per heavy atom. The van der Waals surface area contributed by atoms with Gasteiger partial charge < -0.3 is 20.1 Å². The first-order valence-electron chi connectivity index (χ1n) is 6.87. The van der Waals surface area contributed by atoms with Crippen LogP contribution in [0.1, 0.15) is 16.2 Å². The van der Waals surface area contributed by atoms with Gasteiger partial charge >= 0.3 is 0 Å². The summed E-state index contributed by atoms with van der Waals surface area (Å²) in [6.07, 6.45) is 0. The van der Waals surface area contributed by atoms with Crippen LogP contribution in [0.5, 0.6) is 11.5 Å². The molecule has 0 atom stereocenters. The average molecular weight is 315 g/mol. The normalized spacial score (nSPS) is 10.7. The van der Waals surface area contributed by atoms with Crippen LogP contribution in [0.25, 0.3) is 11.0 Å². The number of imidazole rings is 1. The minimum absolute atomic E-state index is 0.0730. The van der Waals surface area contributed by atoms with Crippen LogP contribution < -0.4 is 10.1 Å². The van der Waals surface area contributed by atoms with E-state index in [-0.39, 0.29) is 12.1 Å². The van der Waals surface area contributed by atoms with Crippen molar-refractivity contribution >= 4 is 16.9 Å². The molecule has 1 amide bonds. The lowest BCUT2D eigenvalue weighted by Crippen LogP contribution is -2.24. The number of amides is 1. The first-order chi connectivity index (χ1) is 11.1. The molecule has 0 fully saturated rings. The summed E-state index contributed by atoms with van der Waals surface area (Å²) in [6.45, 7) is 0.0730. The van der Waals surface area contributed by atoms with E-state index in [0.29, 0.717) is 11.6 Å². The van der Waals surface area contributed by atoms with Gasteiger partial charge in [-0.15, -0.1) is 0 Å². The second-order valence-corrected chi connectivity index (χ2v) is 4.88. The number of carbonyl (C=O) groups is 1. The van der Waals surface area contributed by atoms with Crippen LogP contribution in [-0.4, -0.2) is 28.1 Å². The van der Waals surface area contributed by atoms with E-state index in [9.17, 15) is 14.3 Å². The molecule has 3 rings (SSSR count). The zero-order valence-electron chi connectivity index (χ0n) is 12.3. The summed E-state index contributed by atoms with van der Waals surface area (Å²) < 4.78 is 18.7. The monoisotopic (exact) mass is 315 g/mol. The highest BCUT2D eigenvalue weighted by Crippen LogP contribution is 2.20. The summed E-state index contributed by atoms with van der Waals surface area (Å²) >= 11 is 0. The zero-order chi connectivity index (χ0) is 16.4. The van der Waals surface area contributed by atoms with E-state index in [4.69, 9.17) is 4.74 Å². The Morgan fingerprint density at radius 2 is 2.22 bits per heavy atom. The third-order valence-electron chi connectivity index (χ3n) is 3.37. The Kier molecular flexibility index (Phi) is 3.84. The summed E-state index contributed by atoms with van der Waals surface area (Å²) in [4.78, 5) is 19.4. The van der Waals surface area contributed by atoms with Gasteiger partial charge in [0.15, 0.2) is 0 Å². The minimum atomic E-state index is -0.781. The number of H-pyrrole nitrogens is 1. The summed E-state index contributed by atoms with van der Waals surface area (Å²) in [5.74, 6) is -0.697. The number of fused-ring (bicyclic) bond motifs is 1. The summed E-state index contributed by atoms with van der Waals surface area (Å²) in [6, 6.07) is 9.06. The largest absolute Gasteiger partial charge is 0.507 e. The van der Waals surface area contributed by atoms with Crippen LogP contribution in [0.2, 0.25) is 0 Å². The fourth-order valence-electron chi connectivity index (χ4n) is 2.24. The van der Waals surface area contributed by atoms with Crippen LogP contribution in [0.3, 0.4) is 0 Å². The highest BCUT2D eigenvalue weighted by atomic mass is 19.1. The van der Waals surface area contributed by atoms with Gasteiger partial charge in [0, 0.05) is 6.07 Å². The summed E-state index contributed by atoms with van der Waals surface area (Å²) in [5, 5.41) is 12.1. The lowest BCUT2D eigenvalue weighted by molar-refractivity contribution is 0.0943. The van der Waals surface area contributed by atoms with Crippen LogP contribution in [0.4, 0.5) is 4.39 Å². The third kappa shape index (κ3) is 2.94. The fraction of sp³-hybridized carbons (Fsp3) is 0.125. The van der Waals surface area contributed by atoms with Crippen molar-refractivity contribution in [3.05, 3.63) is 53.6 Å². The van der Waals surface area contributed by atoms with Crippen LogP contribution in [-0.2, 0) is 6.54 Å². The molecule has 6 nitrogen and oxygen atoms in total. The van der Waals surface area contributed by atoms with E-state index in [1.807, 2.05) is 0 Å². The van der Waals surface area contributed by atoms with Gasteiger partial charge in [-0.05, 0) is 24.3 Å². The molecule has 3 aromatic rings. The number of benzene rings is 2. The molecule has 0 aliphatic carbocycles. The van der Waals surface area contributed by atoms with Crippen molar-refractivity contribution in [2.45, 2.75) is 6.54 Å². The molecule has 3 N–H and O–H groups in total. The number of nitrogens with one attached hydrogen (secondary N) is 2. The number of ether oxygens (including phenoxy) is 1. The molecule has 0 unspecified atom stereocenters. The quantitative estimate of drug-likeness (QED) is 0.689. The number of aromatic amines is 1. The number of carbonyl (C=O) groups excluding carboxylic acids is 1. The molecular formula is C16H14FN3O3. The average Bonchev–Trinajstić information content (AvgIpc) is 2.94. The van der Waals surface area contributed by atoms with E-state index < -0.39 is 17.5 Å². The minimum Gasteiger partial charge on any atom is -0.507 e. The Labute approximate surface area is 130 Å². The van der Waals surface area contributed by atoms with Gasteiger partial charge in [-0.1, -0.05) is 6.07 Å². The standard InChI is InChI=1S/C16H14FN3O3/c1-23-9-5-6-11-12(7-9)20-14(19-11)8-18-16(22)15-10(17)3-2-4-13(15)21/h2-7,21H,8H2,1H3,(H,18,22)(H,19,20). The Balaban J connectivity index is 1.76. The molecule has 0 radical (unpaired) electrons. The number of hydrogen-bond donors (Lipinski definition) is 3. The van der Waals surface area contributed by atoms with E-state index >= 15 is 0 Å². The fourth-order valence-corrected chi connectivity index (χ4v) is 2.24. The van der Waals surface area contributed by atoms with Crippen molar-refractivity contribution in [1.82, 2.24) is 15.3 Å². The molecule has 23 heavy (non-hydrogen) atoms. The van der Waals surface area contributed by atoms with Crippen LogP contribution in [0.15, 0.2) is 36.4 Å². The molecule has 0 spiro atoms. The van der Waals surface area contributed by atoms with Crippen molar-refractivity contribution in [3.8, 4) is 11.5 Å². The molecule has 7 heteroatoms. The zero-order valence-corrected chi connectivity index (χ0v) is 12.3. The first kappa shape index (κ1) is 14.8. The predicted octanol–water partition coefficient (Wildman–Crippen LogP) is 2.35. The first-order valence-corrected chi connectivity index (χ1v) is 6.87. The highest BCUT2D eigenvalue weighted by Gasteiger charge is 2.16. The number of rotatable bonds is 4. The molecule has 0 aliphatic rings. The van der Waals surface area contributed by atoms with Crippen LogP contribution in [0, 0.1) is 5.82 Å². The second-order valence-electron chi connectivity index (χ2n) is 4.88. The lowest BCUT2D eigenvalue weighted by Gasteiger charge is -2.06. The molecular weight excluding hydrogens is 301 g/mol. The molecule has 2 aromatic carbocycles. The molecule has 0 bridgehead atoms. The van der Waals surface area contributed by atoms with Gasteiger partial charge in [0.1, 0.15) is 28.7 Å². The van der Waals surface area contributed by atoms with Gasteiger partial charge in [0.25, 0.3) is 5.91 Å². The topological polar surface area (TPSA) is 87.2 Å². The number of phenols is 1. The number of hydrogen-bond acceptors (Lipinski definition) is 4. The van der Waals surface area contributed by atoms with Gasteiger partial charge in [0.05, 0.1) is 24.7 Å². The summed E-state index contributed by atoms with van der Waals surface area (Å²) in [7, 11) is 1.57. The predicted molar refractivity (Wildman–Crippen MR) is 81.9 cm³/mol. The van der Waals surface area contributed by atoms with Gasteiger partial charge in [-0.2, -0.15) is 0 Å². The van der Waals surface area contributed by atoms with E-state index in [1.54, 1.807) is 25.3 Å². The molecule has 0 saturated heterocycles. The van der Waals surface area contributed by atoms with E-state index in [1.165, 1.54) is 12.1 Å². The van der Waals surface area contributed by atoms with Crippen molar-refractivity contribution in [1.29, 1.82) is 0 Å².